The highest BCUT2D eigenvalue weighted by Crippen LogP contribution is 2.30. The average Bonchev–Trinajstić information content (AvgIpc) is 3.21. The normalized spacial score (nSPS) is 20.3. The lowest BCUT2D eigenvalue weighted by atomic mass is 9.90. The maximum Gasteiger partial charge on any atom is 0.227 e. The number of piperidine rings is 1. The fraction of sp³-hybridized carbons (Fsp3) is 0.625. The van der Waals surface area contributed by atoms with Crippen molar-refractivity contribution in [2.75, 3.05) is 39.3 Å². The van der Waals surface area contributed by atoms with Gasteiger partial charge < -0.3 is 9.80 Å². The molecule has 4 rings (SSSR count). The topological polar surface area (TPSA) is 56.8 Å². The average molecular weight is 443 g/mol. The van der Waals surface area contributed by atoms with E-state index >= 15 is 0 Å². The first-order valence-electron chi connectivity index (χ1n) is 11.4. The van der Waals surface area contributed by atoms with E-state index in [2.05, 4.69) is 30.0 Å². The number of piperazine rings is 1. The van der Waals surface area contributed by atoms with Crippen LogP contribution in [0.1, 0.15) is 51.6 Å². The number of benzene rings is 1. The van der Waals surface area contributed by atoms with Gasteiger partial charge >= 0.3 is 0 Å². The Morgan fingerprint density at radius 3 is 2.26 bits per heavy atom. The van der Waals surface area contributed by atoms with Crippen molar-refractivity contribution in [3.63, 3.8) is 0 Å². The van der Waals surface area contributed by atoms with Crippen molar-refractivity contribution in [2.45, 2.75) is 46.6 Å². The Morgan fingerprint density at radius 2 is 1.65 bits per heavy atom. The smallest absolute Gasteiger partial charge is 0.227 e. The van der Waals surface area contributed by atoms with Gasteiger partial charge in [0.05, 0.1) is 16.3 Å². The Morgan fingerprint density at radius 1 is 1.00 bits per heavy atom. The highest BCUT2D eigenvalue weighted by molar-refractivity contribution is 7.18. The van der Waals surface area contributed by atoms with Crippen LogP contribution >= 0.6 is 11.3 Å². The van der Waals surface area contributed by atoms with Crippen LogP contribution < -0.4 is 0 Å². The number of thiazole rings is 1. The van der Waals surface area contributed by atoms with Crippen LogP contribution in [0.2, 0.25) is 0 Å². The number of hydrogen-bond donors (Lipinski definition) is 0. The van der Waals surface area contributed by atoms with E-state index in [1.165, 1.54) is 4.70 Å². The van der Waals surface area contributed by atoms with Gasteiger partial charge in [-0.25, -0.2) is 4.98 Å². The van der Waals surface area contributed by atoms with Gasteiger partial charge in [0.25, 0.3) is 0 Å². The first-order valence-corrected chi connectivity index (χ1v) is 12.2. The minimum absolute atomic E-state index is 0.0530. The van der Waals surface area contributed by atoms with Crippen LogP contribution in [-0.4, -0.2) is 70.8 Å². The van der Waals surface area contributed by atoms with Crippen LogP contribution in [0.15, 0.2) is 24.3 Å². The number of likely N-dealkylation sites (tertiary alicyclic amines) is 1. The van der Waals surface area contributed by atoms with Gasteiger partial charge in [0, 0.05) is 50.6 Å². The van der Waals surface area contributed by atoms with E-state index in [0.717, 1.165) is 49.5 Å². The number of hydrogen-bond acceptors (Lipinski definition) is 5. The Kier molecular flexibility index (Phi) is 6.35. The summed E-state index contributed by atoms with van der Waals surface area (Å²) < 4.78 is 1.23. The maximum atomic E-state index is 13.1. The van der Waals surface area contributed by atoms with Gasteiger partial charge in [0.15, 0.2) is 0 Å². The SMILES string of the molecule is CC(c1nc2ccccc2s1)N1CCN(C(=O)C2CCN(C(=O)C(C)(C)C)CC2)CC1. The predicted octanol–water partition coefficient (Wildman–Crippen LogP) is 3.79. The fourth-order valence-electron chi connectivity index (χ4n) is 4.62. The summed E-state index contributed by atoms with van der Waals surface area (Å²) >= 11 is 1.77. The summed E-state index contributed by atoms with van der Waals surface area (Å²) in [5.41, 5.74) is 0.715. The molecule has 6 nitrogen and oxygen atoms in total. The molecule has 2 aromatic rings. The third kappa shape index (κ3) is 4.77. The summed E-state index contributed by atoms with van der Waals surface area (Å²) in [5, 5.41) is 1.15. The van der Waals surface area contributed by atoms with Gasteiger partial charge in [0.2, 0.25) is 11.8 Å². The van der Waals surface area contributed by atoms with Crippen LogP contribution in [0.25, 0.3) is 10.2 Å². The van der Waals surface area contributed by atoms with Crippen LogP contribution in [-0.2, 0) is 9.59 Å². The van der Waals surface area contributed by atoms with Crippen LogP contribution in [0, 0.1) is 11.3 Å². The molecule has 2 aliphatic rings. The van der Waals surface area contributed by atoms with E-state index in [4.69, 9.17) is 4.98 Å². The van der Waals surface area contributed by atoms with E-state index in [1.54, 1.807) is 11.3 Å². The summed E-state index contributed by atoms with van der Waals surface area (Å²) in [4.78, 5) is 36.8. The molecular formula is C24H34N4O2S. The largest absolute Gasteiger partial charge is 0.342 e. The Balaban J connectivity index is 1.28. The summed E-state index contributed by atoms with van der Waals surface area (Å²) in [6.45, 7) is 12.8. The molecule has 1 atom stereocenters. The molecule has 31 heavy (non-hydrogen) atoms. The number of aromatic nitrogens is 1. The molecule has 2 fully saturated rings. The quantitative estimate of drug-likeness (QED) is 0.726. The minimum atomic E-state index is -0.354. The lowest BCUT2D eigenvalue weighted by Crippen LogP contribution is -2.52. The third-order valence-corrected chi connectivity index (χ3v) is 7.82. The van der Waals surface area contributed by atoms with E-state index in [1.807, 2.05) is 36.6 Å². The third-order valence-electron chi connectivity index (χ3n) is 6.61. The number of carbonyl (C=O) groups is 2. The van der Waals surface area contributed by atoms with Crippen molar-refractivity contribution in [2.24, 2.45) is 11.3 Å². The van der Waals surface area contributed by atoms with Gasteiger partial charge in [0.1, 0.15) is 5.01 Å². The van der Waals surface area contributed by atoms with E-state index in [0.29, 0.717) is 13.1 Å². The Hall–Kier alpha value is -1.99. The molecule has 7 heteroatoms. The highest BCUT2D eigenvalue weighted by atomic mass is 32.1. The van der Waals surface area contributed by atoms with Gasteiger partial charge in [-0.3, -0.25) is 14.5 Å². The summed E-state index contributed by atoms with van der Waals surface area (Å²) in [6.07, 6.45) is 1.56. The van der Waals surface area contributed by atoms with Crippen molar-refractivity contribution in [1.82, 2.24) is 19.7 Å². The van der Waals surface area contributed by atoms with E-state index < -0.39 is 0 Å². The molecule has 0 spiro atoms. The number of carbonyl (C=O) groups excluding carboxylic acids is 2. The summed E-state index contributed by atoms with van der Waals surface area (Å²) in [6, 6.07) is 8.55. The lowest BCUT2D eigenvalue weighted by Gasteiger charge is -2.40. The molecule has 0 N–H and O–H groups in total. The first kappa shape index (κ1) is 22.2. The molecule has 2 saturated heterocycles. The molecule has 0 aliphatic carbocycles. The van der Waals surface area contributed by atoms with Crippen molar-refractivity contribution in [3.8, 4) is 0 Å². The number of nitrogens with zero attached hydrogens (tertiary/aromatic N) is 4. The number of para-hydroxylation sites is 1. The molecule has 1 unspecified atom stereocenters. The van der Waals surface area contributed by atoms with Crippen LogP contribution in [0.4, 0.5) is 0 Å². The minimum Gasteiger partial charge on any atom is -0.342 e. The van der Waals surface area contributed by atoms with E-state index in [9.17, 15) is 9.59 Å². The molecule has 1 aromatic carbocycles. The molecular weight excluding hydrogens is 408 g/mol. The van der Waals surface area contributed by atoms with Crippen LogP contribution in [0.5, 0.6) is 0 Å². The van der Waals surface area contributed by atoms with Crippen LogP contribution in [0.3, 0.4) is 0 Å². The lowest BCUT2D eigenvalue weighted by molar-refractivity contribution is -0.145. The first-order chi connectivity index (χ1) is 14.7. The van der Waals surface area contributed by atoms with Gasteiger partial charge in [-0.15, -0.1) is 11.3 Å². The molecule has 0 saturated carbocycles. The molecule has 0 radical (unpaired) electrons. The second kappa shape index (κ2) is 8.87. The van der Waals surface area contributed by atoms with E-state index in [-0.39, 0.29) is 29.2 Å². The van der Waals surface area contributed by atoms with Gasteiger partial charge in [-0.05, 0) is 31.9 Å². The fourth-order valence-corrected chi connectivity index (χ4v) is 5.67. The predicted molar refractivity (Wildman–Crippen MR) is 125 cm³/mol. The molecule has 0 bridgehead atoms. The van der Waals surface area contributed by atoms with Gasteiger partial charge in [-0.2, -0.15) is 0 Å². The summed E-state index contributed by atoms with van der Waals surface area (Å²) in [7, 11) is 0. The number of rotatable bonds is 3. The molecule has 2 amide bonds. The second-order valence-corrected chi connectivity index (χ2v) is 10.9. The standard InChI is InChI=1S/C24H34N4O2S/c1-17(21-25-19-7-5-6-8-20(19)31-21)26-13-15-27(16-14-26)22(29)18-9-11-28(12-10-18)23(30)24(2,3)4/h5-8,17-18H,9-16H2,1-4H3. The molecule has 2 aliphatic heterocycles. The Bertz CT molecular complexity index is 901. The highest BCUT2D eigenvalue weighted by Gasteiger charge is 2.35. The monoisotopic (exact) mass is 442 g/mol. The van der Waals surface area contributed by atoms with Crippen molar-refractivity contribution in [1.29, 1.82) is 0 Å². The molecule has 1 aromatic heterocycles. The number of amides is 2. The number of fused-ring (bicyclic) bond motifs is 1. The zero-order valence-electron chi connectivity index (χ0n) is 19.1. The molecule has 168 valence electrons. The second-order valence-electron chi connectivity index (χ2n) is 9.87. The zero-order chi connectivity index (χ0) is 22.2. The molecule has 3 heterocycles. The Labute approximate surface area is 189 Å². The zero-order valence-corrected chi connectivity index (χ0v) is 20.0. The van der Waals surface area contributed by atoms with Crippen molar-refractivity contribution < 1.29 is 9.59 Å². The maximum absolute atomic E-state index is 13.1. The van der Waals surface area contributed by atoms with Gasteiger partial charge in [-0.1, -0.05) is 32.9 Å². The van der Waals surface area contributed by atoms with Crippen molar-refractivity contribution >= 4 is 33.4 Å². The summed E-state index contributed by atoms with van der Waals surface area (Å²) in [5.74, 6) is 0.517. The van der Waals surface area contributed by atoms with Crippen molar-refractivity contribution in [3.05, 3.63) is 29.3 Å².